The first kappa shape index (κ1) is 20.6. The maximum Gasteiger partial charge on any atom is 0.317 e. The van der Waals surface area contributed by atoms with Gasteiger partial charge in [0.05, 0.1) is 6.54 Å². The van der Waals surface area contributed by atoms with Gasteiger partial charge < -0.3 is 15.3 Å². The molecule has 6 heteroatoms. The summed E-state index contributed by atoms with van der Waals surface area (Å²) in [5, 5.41) is 12.3. The summed E-state index contributed by atoms with van der Waals surface area (Å²) in [6.07, 6.45) is 6.34. The van der Waals surface area contributed by atoms with Crippen molar-refractivity contribution in [1.29, 1.82) is 0 Å². The number of nitrogens with zero attached hydrogens (tertiary/aromatic N) is 2. The van der Waals surface area contributed by atoms with E-state index in [0.29, 0.717) is 19.6 Å². The normalized spacial score (nSPS) is 19.7. The van der Waals surface area contributed by atoms with Gasteiger partial charge in [-0.15, -0.1) is 0 Å². The van der Waals surface area contributed by atoms with Crippen molar-refractivity contribution in [2.75, 3.05) is 32.7 Å². The molecule has 1 aliphatic heterocycles. The molecule has 2 aliphatic rings. The van der Waals surface area contributed by atoms with Gasteiger partial charge in [-0.05, 0) is 37.8 Å². The van der Waals surface area contributed by atoms with Crippen molar-refractivity contribution < 1.29 is 14.7 Å². The molecule has 2 N–H and O–H groups in total. The van der Waals surface area contributed by atoms with Crippen LogP contribution in [0.3, 0.4) is 0 Å². The SMILES string of the molecule is CCN(CC(=O)O)C1CCN(C(=O)NCC2(c3ccccc3)CCCC2)CC1. The molecular formula is C22H33N3O3. The summed E-state index contributed by atoms with van der Waals surface area (Å²) in [6, 6.07) is 10.8. The van der Waals surface area contributed by atoms with Crippen LogP contribution in [-0.4, -0.2) is 65.7 Å². The van der Waals surface area contributed by atoms with E-state index in [1.165, 1.54) is 18.4 Å². The van der Waals surface area contributed by atoms with Gasteiger partial charge in [0.15, 0.2) is 0 Å². The van der Waals surface area contributed by atoms with Crippen LogP contribution < -0.4 is 5.32 Å². The molecule has 0 spiro atoms. The first-order valence-electron chi connectivity index (χ1n) is 10.6. The Bertz CT molecular complexity index is 650. The van der Waals surface area contributed by atoms with E-state index in [0.717, 1.165) is 32.2 Å². The van der Waals surface area contributed by atoms with Crippen LogP contribution in [0, 0.1) is 0 Å². The summed E-state index contributed by atoms with van der Waals surface area (Å²) >= 11 is 0. The predicted molar refractivity (Wildman–Crippen MR) is 109 cm³/mol. The average molecular weight is 388 g/mol. The van der Waals surface area contributed by atoms with Crippen molar-refractivity contribution in [1.82, 2.24) is 15.1 Å². The highest BCUT2D eigenvalue weighted by Crippen LogP contribution is 2.40. The summed E-state index contributed by atoms with van der Waals surface area (Å²) in [4.78, 5) is 27.7. The van der Waals surface area contributed by atoms with Gasteiger partial charge >= 0.3 is 12.0 Å². The molecule has 1 aromatic carbocycles. The Morgan fingerprint density at radius 2 is 1.82 bits per heavy atom. The zero-order valence-corrected chi connectivity index (χ0v) is 16.9. The number of aliphatic carboxylic acids is 1. The minimum Gasteiger partial charge on any atom is -0.480 e. The minimum absolute atomic E-state index is 0.0157. The number of carboxylic acids is 1. The molecule has 0 unspecified atom stereocenters. The largest absolute Gasteiger partial charge is 0.480 e. The van der Waals surface area contributed by atoms with E-state index in [9.17, 15) is 9.59 Å². The highest BCUT2D eigenvalue weighted by Gasteiger charge is 2.36. The predicted octanol–water partition coefficient (Wildman–Crippen LogP) is 3.08. The third-order valence-corrected chi connectivity index (χ3v) is 6.54. The lowest BCUT2D eigenvalue weighted by Crippen LogP contribution is -2.52. The Balaban J connectivity index is 1.52. The van der Waals surface area contributed by atoms with Gasteiger partial charge in [0.1, 0.15) is 0 Å². The first-order chi connectivity index (χ1) is 13.5. The van der Waals surface area contributed by atoms with Crippen molar-refractivity contribution in [2.45, 2.75) is 56.9 Å². The summed E-state index contributed by atoms with van der Waals surface area (Å²) in [6.45, 7) is 4.86. The Morgan fingerprint density at radius 3 is 2.39 bits per heavy atom. The van der Waals surface area contributed by atoms with Gasteiger partial charge in [-0.2, -0.15) is 0 Å². The van der Waals surface area contributed by atoms with Crippen LogP contribution in [0.2, 0.25) is 0 Å². The smallest absolute Gasteiger partial charge is 0.317 e. The molecule has 154 valence electrons. The van der Waals surface area contributed by atoms with Gasteiger partial charge in [0.25, 0.3) is 0 Å². The average Bonchev–Trinajstić information content (AvgIpc) is 3.21. The molecule has 1 saturated carbocycles. The number of amides is 2. The van der Waals surface area contributed by atoms with Gasteiger partial charge in [-0.25, -0.2) is 4.79 Å². The summed E-state index contributed by atoms with van der Waals surface area (Å²) in [5.41, 5.74) is 1.40. The van der Waals surface area contributed by atoms with E-state index in [1.807, 2.05) is 22.8 Å². The quantitative estimate of drug-likeness (QED) is 0.754. The molecule has 1 saturated heterocycles. The summed E-state index contributed by atoms with van der Waals surface area (Å²) < 4.78 is 0. The number of carbonyl (C=O) groups excluding carboxylic acids is 1. The van der Waals surface area contributed by atoms with Crippen molar-refractivity contribution in [3.8, 4) is 0 Å². The number of carbonyl (C=O) groups is 2. The summed E-state index contributed by atoms with van der Waals surface area (Å²) in [7, 11) is 0. The van der Waals surface area contributed by atoms with Crippen molar-refractivity contribution in [3.63, 3.8) is 0 Å². The van der Waals surface area contributed by atoms with Crippen LogP contribution in [0.4, 0.5) is 4.79 Å². The monoisotopic (exact) mass is 387 g/mol. The molecule has 1 aliphatic carbocycles. The third-order valence-electron chi connectivity index (χ3n) is 6.54. The molecule has 6 nitrogen and oxygen atoms in total. The van der Waals surface area contributed by atoms with E-state index in [1.54, 1.807) is 0 Å². The number of urea groups is 1. The van der Waals surface area contributed by atoms with Crippen LogP contribution in [0.25, 0.3) is 0 Å². The van der Waals surface area contributed by atoms with Crippen LogP contribution in [-0.2, 0) is 10.2 Å². The van der Waals surface area contributed by atoms with Gasteiger partial charge in [-0.3, -0.25) is 9.69 Å². The number of likely N-dealkylation sites (N-methyl/N-ethyl adjacent to an activating group) is 1. The lowest BCUT2D eigenvalue weighted by Gasteiger charge is -2.38. The highest BCUT2D eigenvalue weighted by molar-refractivity contribution is 5.74. The number of hydrogen-bond acceptors (Lipinski definition) is 3. The van der Waals surface area contributed by atoms with Gasteiger partial charge in [0, 0.05) is 31.1 Å². The minimum atomic E-state index is -0.787. The van der Waals surface area contributed by atoms with Crippen LogP contribution in [0.15, 0.2) is 30.3 Å². The van der Waals surface area contributed by atoms with Crippen LogP contribution >= 0.6 is 0 Å². The zero-order valence-electron chi connectivity index (χ0n) is 16.9. The topological polar surface area (TPSA) is 72.9 Å². The molecule has 1 aromatic rings. The molecule has 0 radical (unpaired) electrons. The molecule has 0 atom stereocenters. The number of hydrogen-bond donors (Lipinski definition) is 2. The molecule has 28 heavy (non-hydrogen) atoms. The second-order valence-corrected chi connectivity index (χ2v) is 8.19. The number of rotatable bonds is 7. The van der Waals surface area contributed by atoms with Gasteiger partial charge in [-0.1, -0.05) is 50.1 Å². The fourth-order valence-electron chi connectivity index (χ4n) is 4.87. The number of nitrogens with one attached hydrogen (secondary N) is 1. The molecule has 2 fully saturated rings. The molecule has 0 aromatic heterocycles. The van der Waals surface area contributed by atoms with Gasteiger partial charge in [0.2, 0.25) is 0 Å². The maximum absolute atomic E-state index is 12.8. The second-order valence-electron chi connectivity index (χ2n) is 8.19. The fraction of sp³-hybridized carbons (Fsp3) is 0.636. The Hall–Kier alpha value is -2.08. The Kier molecular flexibility index (Phi) is 6.94. The molecule has 1 heterocycles. The van der Waals surface area contributed by atoms with Crippen molar-refractivity contribution in [3.05, 3.63) is 35.9 Å². The zero-order chi connectivity index (χ0) is 20.0. The number of benzene rings is 1. The Morgan fingerprint density at radius 1 is 1.18 bits per heavy atom. The van der Waals surface area contributed by atoms with Crippen LogP contribution in [0.1, 0.15) is 51.0 Å². The highest BCUT2D eigenvalue weighted by atomic mass is 16.4. The van der Waals surface area contributed by atoms with Crippen molar-refractivity contribution in [2.24, 2.45) is 0 Å². The Labute approximate surface area is 167 Å². The lowest BCUT2D eigenvalue weighted by atomic mass is 9.79. The molecule has 3 rings (SSSR count). The summed E-state index contributed by atoms with van der Waals surface area (Å²) in [5.74, 6) is -0.787. The number of likely N-dealkylation sites (tertiary alicyclic amines) is 1. The van der Waals surface area contributed by atoms with Crippen LogP contribution in [0.5, 0.6) is 0 Å². The lowest BCUT2D eigenvalue weighted by molar-refractivity contribution is -0.139. The molecule has 2 amide bonds. The van der Waals surface area contributed by atoms with E-state index < -0.39 is 5.97 Å². The van der Waals surface area contributed by atoms with Crippen molar-refractivity contribution >= 4 is 12.0 Å². The second kappa shape index (κ2) is 9.41. The maximum atomic E-state index is 12.8. The number of carboxylic acid groups (broad SMARTS) is 1. The standard InChI is InChI=1S/C22H33N3O3/c1-2-24(16-20(26)27)19-10-14-25(15-11-19)21(28)23-17-22(12-6-7-13-22)18-8-4-3-5-9-18/h3-5,8-9,19H,2,6-7,10-17H2,1H3,(H,23,28)(H,26,27). The molecular weight excluding hydrogens is 354 g/mol. The molecule has 0 bridgehead atoms. The van der Waals surface area contributed by atoms with E-state index in [-0.39, 0.29) is 24.0 Å². The van der Waals surface area contributed by atoms with E-state index in [4.69, 9.17) is 5.11 Å². The van der Waals surface area contributed by atoms with E-state index >= 15 is 0 Å². The first-order valence-corrected chi connectivity index (χ1v) is 10.6. The third kappa shape index (κ3) is 4.85. The van der Waals surface area contributed by atoms with E-state index in [2.05, 4.69) is 29.6 Å². The number of piperidine rings is 1. The fourth-order valence-corrected chi connectivity index (χ4v) is 4.87.